The molecule has 0 fully saturated rings. The average Bonchev–Trinajstić information content (AvgIpc) is 2.71. The van der Waals surface area contributed by atoms with Crippen LogP contribution in [0.15, 0.2) is 14.7 Å². The Hall–Kier alpha value is -0.480. The second kappa shape index (κ2) is 6.10. The van der Waals surface area contributed by atoms with E-state index in [1.165, 1.54) is 20.2 Å². The second-order valence-electron chi connectivity index (χ2n) is 5.03. The third-order valence-corrected chi connectivity index (χ3v) is 6.55. The molecule has 0 aliphatic rings. The summed E-state index contributed by atoms with van der Waals surface area (Å²) in [4.78, 5) is 12.4. The van der Waals surface area contributed by atoms with Crippen molar-refractivity contribution < 1.29 is 18.3 Å². The van der Waals surface area contributed by atoms with Gasteiger partial charge in [0.05, 0.1) is 20.8 Å². The molecule has 9 heteroatoms. The molecule has 1 amide bonds. The van der Waals surface area contributed by atoms with Gasteiger partial charge >= 0.3 is 0 Å². The maximum absolute atomic E-state index is 12.1. The van der Waals surface area contributed by atoms with E-state index in [0.717, 1.165) is 15.6 Å². The molecule has 1 heterocycles. The van der Waals surface area contributed by atoms with Gasteiger partial charge in [-0.2, -0.15) is 0 Å². The molecular formula is C11H17BrN2O4S2. The normalized spacial score (nSPS) is 12.8. The lowest BCUT2D eigenvalue weighted by molar-refractivity contribution is 0.0873. The Kier molecular flexibility index (Phi) is 5.36. The molecule has 0 aliphatic heterocycles. The first kappa shape index (κ1) is 17.6. The van der Waals surface area contributed by atoms with Crippen LogP contribution >= 0.6 is 27.3 Å². The van der Waals surface area contributed by atoms with Gasteiger partial charge in [-0.3, -0.25) is 4.79 Å². The lowest BCUT2D eigenvalue weighted by Crippen LogP contribution is -2.46. The van der Waals surface area contributed by atoms with E-state index in [1.807, 2.05) is 0 Å². The van der Waals surface area contributed by atoms with Crippen molar-refractivity contribution in [2.75, 3.05) is 20.7 Å². The summed E-state index contributed by atoms with van der Waals surface area (Å²) in [5, 5.41) is 11.8. The molecule has 0 saturated carbocycles. The Morgan fingerprint density at radius 1 is 1.50 bits per heavy atom. The summed E-state index contributed by atoms with van der Waals surface area (Å²) in [6, 6.07) is 1.33. The molecular weight excluding hydrogens is 368 g/mol. The molecule has 0 saturated heterocycles. The molecule has 1 aromatic heterocycles. The van der Waals surface area contributed by atoms with Crippen molar-refractivity contribution in [1.82, 2.24) is 9.62 Å². The van der Waals surface area contributed by atoms with E-state index in [1.54, 1.807) is 13.8 Å². The zero-order valence-electron chi connectivity index (χ0n) is 11.6. The van der Waals surface area contributed by atoms with Crippen molar-refractivity contribution in [2.45, 2.75) is 24.3 Å². The molecule has 1 rings (SSSR count). The first-order chi connectivity index (χ1) is 9.01. The third-order valence-electron chi connectivity index (χ3n) is 2.49. The first-order valence-corrected chi connectivity index (χ1v) is 8.71. The van der Waals surface area contributed by atoms with Gasteiger partial charge in [0, 0.05) is 14.1 Å². The number of aliphatic hydroxyl groups excluding tert-OH is 1. The van der Waals surface area contributed by atoms with E-state index < -0.39 is 21.5 Å². The van der Waals surface area contributed by atoms with Gasteiger partial charge < -0.3 is 10.4 Å². The largest absolute Gasteiger partial charge is 0.394 e. The predicted octanol–water partition coefficient (Wildman–Crippen LogP) is 1.26. The van der Waals surface area contributed by atoms with E-state index in [4.69, 9.17) is 5.11 Å². The highest BCUT2D eigenvalue weighted by Gasteiger charge is 2.27. The number of nitrogens with one attached hydrogen (secondary N) is 1. The summed E-state index contributed by atoms with van der Waals surface area (Å²) in [6.07, 6.45) is 0. The average molecular weight is 385 g/mol. The number of nitrogens with zero attached hydrogens (tertiary/aromatic N) is 1. The Labute approximate surface area is 131 Å². The van der Waals surface area contributed by atoms with Gasteiger partial charge in [0.25, 0.3) is 5.91 Å². The van der Waals surface area contributed by atoms with Crippen LogP contribution in [-0.4, -0.2) is 50.0 Å². The Morgan fingerprint density at radius 2 is 2.05 bits per heavy atom. The maximum Gasteiger partial charge on any atom is 0.261 e. The molecule has 0 aromatic carbocycles. The molecule has 6 nitrogen and oxygen atoms in total. The molecule has 1 aromatic rings. The van der Waals surface area contributed by atoms with E-state index in [9.17, 15) is 13.2 Å². The number of halogens is 1. The summed E-state index contributed by atoms with van der Waals surface area (Å²) in [5.74, 6) is -0.421. The second-order valence-corrected chi connectivity index (χ2v) is 9.52. The lowest BCUT2D eigenvalue weighted by atomic mass is 10.1. The fourth-order valence-electron chi connectivity index (χ4n) is 1.25. The molecule has 2 N–H and O–H groups in total. The first-order valence-electron chi connectivity index (χ1n) is 5.66. The van der Waals surface area contributed by atoms with Crippen molar-refractivity contribution >= 4 is 43.2 Å². The molecule has 0 bridgehead atoms. The predicted molar refractivity (Wildman–Crippen MR) is 81.5 cm³/mol. The molecule has 20 heavy (non-hydrogen) atoms. The maximum atomic E-state index is 12.1. The number of sulfonamides is 1. The fourth-order valence-corrected chi connectivity index (χ4v) is 4.55. The van der Waals surface area contributed by atoms with Crippen LogP contribution in [0.1, 0.15) is 23.5 Å². The van der Waals surface area contributed by atoms with E-state index in [-0.39, 0.29) is 16.4 Å². The van der Waals surface area contributed by atoms with Crippen molar-refractivity contribution in [3.63, 3.8) is 0 Å². The van der Waals surface area contributed by atoms with Crippen molar-refractivity contribution in [1.29, 1.82) is 0 Å². The molecule has 0 radical (unpaired) electrons. The summed E-state index contributed by atoms with van der Waals surface area (Å²) in [5.41, 5.74) is -0.770. The highest BCUT2D eigenvalue weighted by atomic mass is 79.9. The topological polar surface area (TPSA) is 86.7 Å². The van der Waals surface area contributed by atoms with Gasteiger partial charge in [-0.25, -0.2) is 12.7 Å². The number of amides is 1. The van der Waals surface area contributed by atoms with Crippen molar-refractivity contribution in [3.8, 4) is 0 Å². The Balaban J connectivity index is 3.11. The standard InChI is InChI=1S/C11H17BrN2O4S2/c1-11(2,6-15)13-10(16)7-5-8(9(12)19-7)20(17,18)14(3)4/h5,15H,6H2,1-4H3,(H,13,16). The van der Waals surface area contributed by atoms with Gasteiger partial charge in [0.1, 0.15) is 4.90 Å². The van der Waals surface area contributed by atoms with Gasteiger partial charge in [-0.1, -0.05) is 0 Å². The van der Waals surface area contributed by atoms with Gasteiger partial charge in [0.15, 0.2) is 0 Å². The quantitative estimate of drug-likeness (QED) is 0.799. The number of rotatable bonds is 5. The minimum atomic E-state index is -3.60. The van der Waals surface area contributed by atoms with Crippen LogP contribution in [0.25, 0.3) is 0 Å². The summed E-state index contributed by atoms with van der Waals surface area (Å²) in [6.45, 7) is 3.13. The number of hydrogen-bond acceptors (Lipinski definition) is 5. The molecule has 114 valence electrons. The number of thiophene rings is 1. The van der Waals surface area contributed by atoms with Crippen molar-refractivity contribution in [3.05, 3.63) is 14.7 Å². The van der Waals surface area contributed by atoms with Gasteiger partial charge in [-0.15, -0.1) is 11.3 Å². The Bertz CT molecular complexity index is 608. The van der Waals surface area contributed by atoms with Crippen LogP contribution in [-0.2, 0) is 10.0 Å². The van der Waals surface area contributed by atoms with Crippen LogP contribution in [0.4, 0.5) is 0 Å². The smallest absolute Gasteiger partial charge is 0.261 e. The highest BCUT2D eigenvalue weighted by molar-refractivity contribution is 9.11. The SMILES string of the molecule is CN(C)S(=O)(=O)c1cc(C(=O)NC(C)(C)CO)sc1Br. The summed E-state index contributed by atoms with van der Waals surface area (Å²) >= 11 is 4.20. The molecule has 0 spiro atoms. The number of carbonyl (C=O) groups is 1. The molecule has 0 atom stereocenters. The van der Waals surface area contributed by atoms with Crippen LogP contribution < -0.4 is 5.32 Å². The van der Waals surface area contributed by atoms with Gasteiger partial charge in [0.2, 0.25) is 10.0 Å². The van der Waals surface area contributed by atoms with Crippen LogP contribution in [0.2, 0.25) is 0 Å². The van der Waals surface area contributed by atoms with Crippen LogP contribution in [0, 0.1) is 0 Å². The molecule has 0 unspecified atom stereocenters. The van der Waals surface area contributed by atoms with E-state index in [2.05, 4.69) is 21.2 Å². The van der Waals surface area contributed by atoms with Crippen LogP contribution in [0.5, 0.6) is 0 Å². The number of hydrogen-bond donors (Lipinski definition) is 2. The zero-order chi connectivity index (χ0) is 15.7. The molecule has 0 aliphatic carbocycles. The Morgan fingerprint density at radius 3 is 2.50 bits per heavy atom. The number of carbonyl (C=O) groups excluding carboxylic acids is 1. The van der Waals surface area contributed by atoms with Crippen LogP contribution in [0.3, 0.4) is 0 Å². The zero-order valence-corrected chi connectivity index (χ0v) is 14.8. The van der Waals surface area contributed by atoms with E-state index in [0.29, 0.717) is 3.79 Å². The monoisotopic (exact) mass is 384 g/mol. The van der Waals surface area contributed by atoms with Crippen molar-refractivity contribution in [2.24, 2.45) is 0 Å². The highest BCUT2D eigenvalue weighted by Crippen LogP contribution is 2.33. The van der Waals surface area contributed by atoms with E-state index >= 15 is 0 Å². The summed E-state index contributed by atoms with van der Waals surface area (Å²) in [7, 11) is -0.753. The fraction of sp³-hybridized carbons (Fsp3) is 0.545. The minimum Gasteiger partial charge on any atom is -0.394 e. The third kappa shape index (κ3) is 3.79. The number of aliphatic hydroxyl groups is 1. The minimum absolute atomic E-state index is 0.0551. The summed E-state index contributed by atoms with van der Waals surface area (Å²) < 4.78 is 25.6. The van der Waals surface area contributed by atoms with Gasteiger partial charge in [-0.05, 0) is 35.8 Å². The lowest BCUT2D eigenvalue weighted by Gasteiger charge is -2.22.